The van der Waals surface area contributed by atoms with E-state index in [1.165, 1.54) is 17.8 Å². The van der Waals surface area contributed by atoms with Gasteiger partial charge in [-0.25, -0.2) is 4.39 Å². The van der Waals surface area contributed by atoms with Gasteiger partial charge in [-0.1, -0.05) is 36.7 Å². The predicted molar refractivity (Wildman–Crippen MR) is 105 cm³/mol. The van der Waals surface area contributed by atoms with Crippen LogP contribution in [0.2, 0.25) is 5.02 Å². The van der Waals surface area contributed by atoms with Crippen LogP contribution in [0.5, 0.6) is 0 Å². The molecule has 27 heavy (non-hydrogen) atoms. The highest BCUT2D eigenvalue weighted by Crippen LogP contribution is 2.55. The molecule has 0 aromatic heterocycles. The number of amides is 2. The van der Waals surface area contributed by atoms with Gasteiger partial charge in [0.15, 0.2) is 4.87 Å². The van der Waals surface area contributed by atoms with Crippen LogP contribution in [0.4, 0.5) is 10.1 Å². The standard InChI is InChI=1S/C20H18ClFN2O2S/c1-2-18(25)24-9-10-27-20(24)15-11-14(21)7-8-17(15)23(19(20)26)12-13-5-3-4-6-16(13)22/h3-8,11H,2,9-10,12H2,1H3/t20-/m1/s1. The molecule has 2 aromatic rings. The Morgan fingerprint density at radius 2 is 2.07 bits per heavy atom. The first-order valence-electron chi connectivity index (χ1n) is 8.79. The minimum Gasteiger partial charge on any atom is -0.315 e. The van der Waals surface area contributed by atoms with Crippen LogP contribution >= 0.6 is 23.4 Å². The molecule has 1 fully saturated rings. The lowest BCUT2D eigenvalue weighted by molar-refractivity contribution is -0.139. The molecule has 0 saturated carbocycles. The zero-order chi connectivity index (χ0) is 19.2. The highest BCUT2D eigenvalue weighted by molar-refractivity contribution is 8.01. The first-order valence-corrected chi connectivity index (χ1v) is 10.1. The highest BCUT2D eigenvalue weighted by atomic mass is 35.5. The van der Waals surface area contributed by atoms with E-state index in [0.29, 0.717) is 40.6 Å². The number of thioether (sulfide) groups is 1. The number of carbonyl (C=O) groups excluding carboxylic acids is 2. The maximum atomic E-state index is 14.2. The van der Waals surface area contributed by atoms with Crippen molar-refractivity contribution in [3.63, 3.8) is 0 Å². The van der Waals surface area contributed by atoms with Gasteiger partial charge >= 0.3 is 0 Å². The number of halogens is 2. The maximum absolute atomic E-state index is 14.2. The smallest absolute Gasteiger partial charge is 0.268 e. The number of nitrogens with zero attached hydrogens (tertiary/aromatic N) is 2. The number of fused-ring (bicyclic) bond motifs is 2. The molecule has 2 aliphatic heterocycles. The lowest BCUT2D eigenvalue weighted by atomic mass is 10.1. The topological polar surface area (TPSA) is 40.6 Å². The van der Waals surface area contributed by atoms with Crippen molar-refractivity contribution in [1.29, 1.82) is 0 Å². The minimum atomic E-state index is -1.11. The van der Waals surface area contributed by atoms with Crippen molar-refractivity contribution < 1.29 is 14.0 Å². The van der Waals surface area contributed by atoms with Crippen LogP contribution in [0.15, 0.2) is 42.5 Å². The summed E-state index contributed by atoms with van der Waals surface area (Å²) in [5.74, 6) is 0.0124. The number of benzene rings is 2. The van der Waals surface area contributed by atoms with Gasteiger partial charge < -0.3 is 9.80 Å². The van der Waals surface area contributed by atoms with Gasteiger partial charge in [-0.2, -0.15) is 0 Å². The van der Waals surface area contributed by atoms with Crippen molar-refractivity contribution in [2.45, 2.75) is 24.8 Å². The van der Waals surface area contributed by atoms with Gasteiger partial charge in [0, 0.05) is 34.9 Å². The van der Waals surface area contributed by atoms with Crippen molar-refractivity contribution in [1.82, 2.24) is 4.90 Å². The van der Waals surface area contributed by atoms with E-state index in [2.05, 4.69) is 0 Å². The second-order valence-electron chi connectivity index (χ2n) is 6.54. The van der Waals surface area contributed by atoms with Gasteiger partial charge in [-0.15, -0.1) is 11.8 Å². The number of rotatable bonds is 3. The number of carbonyl (C=O) groups is 2. The molecular formula is C20H18ClFN2O2S. The van der Waals surface area contributed by atoms with E-state index < -0.39 is 4.87 Å². The van der Waals surface area contributed by atoms with E-state index in [1.807, 2.05) is 0 Å². The van der Waals surface area contributed by atoms with Crippen LogP contribution in [0.3, 0.4) is 0 Å². The van der Waals surface area contributed by atoms with Crippen LogP contribution in [0.25, 0.3) is 0 Å². The Hall–Kier alpha value is -2.05. The Kier molecular flexibility index (Phi) is 4.64. The SMILES string of the molecule is CCC(=O)N1CCS[C@]12C(=O)N(Cc1ccccc1F)c1ccc(Cl)cc12. The Morgan fingerprint density at radius 3 is 2.81 bits per heavy atom. The minimum absolute atomic E-state index is 0.0768. The van der Waals surface area contributed by atoms with Gasteiger partial charge in [0.2, 0.25) is 5.91 Å². The highest BCUT2D eigenvalue weighted by Gasteiger charge is 2.59. The Labute approximate surface area is 166 Å². The second kappa shape index (κ2) is 6.84. The first-order chi connectivity index (χ1) is 13.0. The fourth-order valence-corrected chi connectivity index (χ4v) is 5.43. The third-order valence-electron chi connectivity index (χ3n) is 5.05. The van der Waals surface area contributed by atoms with E-state index in [9.17, 15) is 14.0 Å². The summed E-state index contributed by atoms with van der Waals surface area (Å²) in [4.78, 5) is 28.3. The predicted octanol–water partition coefficient (Wildman–Crippen LogP) is 4.16. The van der Waals surface area contributed by atoms with Gasteiger partial charge in [-0.05, 0) is 24.3 Å². The molecule has 1 atom stereocenters. The summed E-state index contributed by atoms with van der Waals surface area (Å²) in [6, 6.07) is 11.7. The number of hydrogen-bond acceptors (Lipinski definition) is 3. The molecule has 0 unspecified atom stereocenters. The number of hydrogen-bond donors (Lipinski definition) is 0. The van der Waals surface area contributed by atoms with Gasteiger partial charge in [-0.3, -0.25) is 9.59 Å². The van der Waals surface area contributed by atoms with Crippen molar-refractivity contribution >= 4 is 40.9 Å². The summed E-state index contributed by atoms with van der Waals surface area (Å²) >= 11 is 7.67. The van der Waals surface area contributed by atoms with Crippen molar-refractivity contribution in [2.24, 2.45) is 0 Å². The van der Waals surface area contributed by atoms with Crippen LogP contribution in [-0.2, 0) is 21.0 Å². The molecular weight excluding hydrogens is 387 g/mol. The monoisotopic (exact) mass is 404 g/mol. The zero-order valence-corrected chi connectivity index (χ0v) is 16.3. The first kappa shape index (κ1) is 18.3. The summed E-state index contributed by atoms with van der Waals surface area (Å²) in [5, 5.41) is 0.505. The molecule has 7 heteroatoms. The van der Waals surface area contributed by atoms with Gasteiger partial charge in [0.05, 0.1) is 12.2 Å². The summed E-state index contributed by atoms with van der Waals surface area (Å²) in [6.45, 7) is 2.40. The molecule has 0 aliphatic carbocycles. The molecule has 2 aromatic carbocycles. The summed E-state index contributed by atoms with van der Waals surface area (Å²) < 4.78 is 14.2. The Morgan fingerprint density at radius 1 is 1.30 bits per heavy atom. The quantitative estimate of drug-likeness (QED) is 0.771. The van der Waals surface area contributed by atoms with Crippen LogP contribution < -0.4 is 4.90 Å². The summed E-state index contributed by atoms with van der Waals surface area (Å²) in [5.41, 5.74) is 1.82. The van der Waals surface area contributed by atoms with Crippen molar-refractivity contribution in [3.05, 3.63) is 64.4 Å². The number of anilines is 1. The van der Waals surface area contributed by atoms with E-state index in [4.69, 9.17) is 11.6 Å². The second-order valence-corrected chi connectivity index (χ2v) is 8.26. The molecule has 2 heterocycles. The molecule has 1 saturated heterocycles. The van der Waals surface area contributed by atoms with E-state index in [0.717, 1.165) is 0 Å². The molecule has 4 nitrogen and oxygen atoms in total. The van der Waals surface area contributed by atoms with Gasteiger partial charge in [0.1, 0.15) is 5.82 Å². The van der Waals surface area contributed by atoms with Crippen LogP contribution in [-0.4, -0.2) is 29.0 Å². The van der Waals surface area contributed by atoms with E-state index >= 15 is 0 Å². The fraction of sp³-hybridized carbons (Fsp3) is 0.300. The normalized spacial score (nSPS) is 21.2. The maximum Gasteiger partial charge on any atom is 0.268 e. The van der Waals surface area contributed by atoms with Crippen LogP contribution in [0, 0.1) is 5.82 Å². The van der Waals surface area contributed by atoms with Crippen LogP contribution in [0.1, 0.15) is 24.5 Å². The molecule has 0 bridgehead atoms. The fourth-order valence-electron chi connectivity index (χ4n) is 3.79. The zero-order valence-electron chi connectivity index (χ0n) is 14.7. The molecule has 1 spiro atoms. The van der Waals surface area contributed by atoms with E-state index in [1.54, 1.807) is 53.1 Å². The molecule has 2 amide bonds. The third kappa shape index (κ3) is 2.74. The average Bonchev–Trinajstić information content (AvgIpc) is 3.20. The molecule has 0 N–H and O–H groups in total. The molecule has 4 rings (SSSR count). The molecule has 140 valence electrons. The third-order valence-corrected chi connectivity index (χ3v) is 6.70. The van der Waals surface area contributed by atoms with E-state index in [-0.39, 0.29) is 24.2 Å². The van der Waals surface area contributed by atoms with Gasteiger partial charge in [0.25, 0.3) is 5.91 Å². The Balaban J connectivity index is 1.84. The lowest BCUT2D eigenvalue weighted by Crippen LogP contribution is -2.50. The molecule has 0 radical (unpaired) electrons. The molecule has 2 aliphatic rings. The van der Waals surface area contributed by atoms with Crippen molar-refractivity contribution in [3.8, 4) is 0 Å². The average molecular weight is 405 g/mol. The Bertz CT molecular complexity index is 938. The summed E-state index contributed by atoms with van der Waals surface area (Å²) in [6.07, 6.45) is 0.318. The largest absolute Gasteiger partial charge is 0.315 e. The lowest BCUT2D eigenvalue weighted by Gasteiger charge is -2.33. The summed E-state index contributed by atoms with van der Waals surface area (Å²) in [7, 11) is 0. The van der Waals surface area contributed by atoms with Crippen molar-refractivity contribution in [2.75, 3.05) is 17.2 Å².